The minimum Gasteiger partial charge on any atom is -0.382 e. The van der Waals surface area contributed by atoms with Crippen LogP contribution in [0.15, 0.2) is 66.7 Å². The lowest BCUT2D eigenvalue weighted by Gasteiger charge is -1.93. The molecule has 0 atom stereocenters. The van der Waals surface area contributed by atoms with Crippen molar-refractivity contribution < 1.29 is 4.79 Å². The molecule has 0 unspecified atom stereocenters. The van der Waals surface area contributed by atoms with E-state index in [-0.39, 0.29) is 12.2 Å². The number of nitrogen functional groups attached to an aromatic ring is 1. The molecular weight excluding hydrogens is 316 g/mol. The van der Waals surface area contributed by atoms with Gasteiger partial charge in [0.05, 0.1) is 18.2 Å². The van der Waals surface area contributed by atoms with Gasteiger partial charge in [-0.05, 0) is 5.56 Å². The molecule has 0 spiro atoms. The van der Waals surface area contributed by atoms with Crippen molar-refractivity contribution in [2.24, 2.45) is 11.7 Å². The molecule has 7 N–H and O–H groups in total. The monoisotopic (exact) mass is 336 g/mol. The van der Waals surface area contributed by atoms with E-state index in [9.17, 15) is 4.79 Å². The number of nitrogens with zero attached hydrogens (tertiary/aromatic N) is 2. The minimum absolute atomic E-state index is 0.0377. The molecule has 3 aromatic rings. The first kappa shape index (κ1) is 19.6. The predicted octanol–water partition coefficient (Wildman–Crippen LogP) is 2.26. The molecule has 0 saturated carbocycles. The van der Waals surface area contributed by atoms with Crippen molar-refractivity contribution in [2.75, 3.05) is 5.73 Å². The molecule has 0 saturated heterocycles. The summed E-state index contributed by atoms with van der Waals surface area (Å²) in [5.74, 6) is 8.40. The number of aromatic amines is 1. The van der Waals surface area contributed by atoms with Crippen LogP contribution in [0.4, 0.5) is 5.82 Å². The molecule has 7 nitrogen and oxygen atoms in total. The highest BCUT2D eigenvalue weighted by Crippen LogP contribution is 2.17. The molecule has 0 amide bonds. The average Bonchev–Trinajstić information content (AvgIpc) is 3.12. The summed E-state index contributed by atoms with van der Waals surface area (Å²) in [6.07, 6.45) is -0.0377. The molecule has 0 aliphatic carbocycles. The zero-order valence-electron chi connectivity index (χ0n) is 13.6. The van der Waals surface area contributed by atoms with Gasteiger partial charge in [0.1, 0.15) is 5.82 Å². The van der Waals surface area contributed by atoms with Gasteiger partial charge in [-0.3, -0.25) is 21.6 Å². The fraction of sp³-hybridized carbons (Fsp3) is 0.0556. The molecular formula is C18H20N6O. The van der Waals surface area contributed by atoms with Crippen LogP contribution in [0.25, 0.3) is 11.3 Å². The summed E-state index contributed by atoms with van der Waals surface area (Å²) in [6, 6.07) is 22.4. The van der Waals surface area contributed by atoms with Crippen molar-refractivity contribution in [3.63, 3.8) is 0 Å². The second kappa shape index (κ2) is 11.1. The van der Waals surface area contributed by atoms with Gasteiger partial charge in [-0.25, -0.2) is 0 Å². The average molecular weight is 336 g/mol. The first-order valence-electron chi connectivity index (χ1n) is 7.35. The normalized spacial score (nSPS) is 8.84. The lowest BCUT2D eigenvalue weighted by atomic mass is 10.1. The number of hydrogen-bond donors (Lipinski definition) is 4. The van der Waals surface area contributed by atoms with Gasteiger partial charge in [0, 0.05) is 11.6 Å². The van der Waals surface area contributed by atoms with Crippen molar-refractivity contribution >= 4 is 11.6 Å². The van der Waals surface area contributed by atoms with E-state index in [1.54, 1.807) is 24.3 Å². The van der Waals surface area contributed by atoms with E-state index in [4.69, 9.17) is 11.0 Å². The number of H-pyrrole nitrogens is 1. The van der Waals surface area contributed by atoms with Crippen molar-refractivity contribution in [3.8, 4) is 17.3 Å². The van der Waals surface area contributed by atoms with Gasteiger partial charge >= 0.3 is 0 Å². The van der Waals surface area contributed by atoms with Crippen LogP contribution >= 0.6 is 0 Å². The molecule has 1 heterocycles. The summed E-state index contributed by atoms with van der Waals surface area (Å²) < 4.78 is 0. The van der Waals surface area contributed by atoms with Gasteiger partial charge in [-0.1, -0.05) is 60.7 Å². The predicted molar refractivity (Wildman–Crippen MR) is 97.8 cm³/mol. The van der Waals surface area contributed by atoms with Gasteiger partial charge in [-0.2, -0.15) is 10.4 Å². The standard InChI is InChI=1S/C9H9N3.C9H7NO.H4N2/c10-9-6-8(11-12-9)7-4-2-1-3-5-7;10-7-6-9(11)8-4-2-1-3-5-8;1-2/h1-6H,(H3,10,11,12);1-5H,6H2;1-2H2. The second-order valence-electron chi connectivity index (χ2n) is 4.70. The molecule has 0 bridgehead atoms. The first-order chi connectivity index (χ1) is 12.2. The molecule has 1 aromatic heterocycles. The van der Waals surface area contributed by atoms with E-state index >= 15 is 0 Å². The van der Waals surface area contributed by atoms with Crippen LogP contribution in [0.1, 0.15) is 16.8 Å². The van der Waals surface area contributed by atoms with Crippen LogP contribution in [0, 0.1) is 11.3 Å². The van der Waals surface area contributed by atoms with E-state index in [0.29, 0.717) is 11.4 Å². The Morgan fingerprint density at radius 1 is 1.04 bits per heavy atom. The number of carbonyl (C=O) groups excluding carboxylic acids is 1. The number of rotatable bonds is 3. The minimum atomic E-state index is -0.117. The summed E-state index contributed by atoms with van der Waals surface area (Å²) in [5, 5.41) is 14.9. The molecule has 25 heavy (non-hydrogen) atoms. The van der Waals surface area contributed by atoms with Crippen molar-refractivity contribution in [1.29, 1.82) is 5.26 Å². The maximum atomic E-state index is 11.0. The maximum Gasteiger partial charge on any atom is 0.176 e. The fourth-order valence-corrected chi connectivity index (χ4v) is 1.90. The largest absolute Gasteiger partial charge is 0.382 e. The molecule has 0 fully saturated rings. The third kappa shape index (κ3) is 6.66. The highest BCUT2D eigenvalue weighted by molar-refractivity contribution is 5.97. The lowest BCUT2D eigenvalue weighted by molar-refractivity contribution is 0.0997. The second-order valence-corrected chi connectivity index (χ2v) is 4.70. The van der Waals surface area contributed by atoms with Crippen molar-refractivity contribution in [2.45, 2.75) is 6.42 Å². The third-order valence-electron chi connectivity index (χ3n) is 3.02. The van der Waals surface area contributed by atoms with E-state index in [1.165, 1.54) is 0 Å². The number of nitrogens with two attached hydrogens (primary N) is 3. The maximum absolute atomic E-state index is 11.0. The van der Waals surface area contributed by atoms with Crippen molar-refractivity contribution in [1.82, 2.24) is 10.2 Å². The number of carbonyl (C=O) groups is 1. The van der Waals surface area contributed by atoms with E-state index in [1.807, 2.05) is 48.5 Å². The third-order valence-corrected chi connectivity index (χ3v) is 3.02. The van der Waals surface area contributed by atoms with Crippen LogP contribution < -0.4 is 17.4 Å². The number of ketones is 1. The number of aromatic nitrogens is 2. The summed E-state index contributed by atoms with van der Waals surface area (Å²) in [7, 11) is 0. The van der Waals surface area contributed by atoms with Gasteiger partial charge in [0.15, 0.2) is 5.78 Å². The molecule has 7 heteroatoms. The van der Waals surface area contributed by atoms with Crippen LogP contribution in [-0.4, -0.2) is 16.0 Å². The van der Waals surface area contributed by atoms with Gasteiger partial charge in [-0.15, -0.1) is 0 Å². The Hall–Kier alpha value is -3.47. The number of hydrazine groups is 1. The van der Waals surface area contributed by atoms with Gasteiger partial charge < -0.3 is 5.73 Å². The Kier molecular flexibility index (Phi) is 8.71. The van der Waals surface area contributed by atoms with Crippen LogP contribution in [0.5, 0.6) is 0 Å². The fourth-order valence-electron chi connectivity index (χ4n) is 1.90. The number of benzene rings is 2. The zero-order valence-corrected chi connectivity index (χ0v) is 13.6. The molecule has 0 aliphatic rings. The van der Waals surface area contributed by atoms with Gasteiger partial charge in [0.2, 0.25) is 0 Å². The topological polar surface area (TPSA) is 148 Å². The number of hydrogen-bond acceptors (Lipinski definition) is 6. The summed E-state index contributed by atoms with van der Waals surface area (Å²) >= 11 is 0. The highest BCUT2D eigenvalue weighted by atomic mass is 16.1. The Labute approximate surface area is 146 Å². The van der Waals surface area contributed by atoms with E-state index in [0.717, 1.165) is 11.3 Å². The Morgan fingerprint density at radius 2 is 1.60 bits per heavy atom. The van der Waals surface area contributed by atoms with E-state index in [2.05, 4.69) is 21.9 Å². The number of anilines is 1. The molecule has 3 rings (SSSR count). The lowest BCUT2D eigenvalue weighted by Crippen LogP contribution is -2.02. The smallest absolute Gasteiger partial charge is 0.176 e. The molecule has 0 aliphatic heterocycles. The van der Waals surface area contributed by atoms with Gasteiger partial charge in [0.25, 0.3) is 0 Å². The summed E-state index contributed by atoms with van der Waals surface area (Å²) in [5.41, 5.74) is 8.13. The molecule has 0 radical (unpaired) electrons. The summed E-state index contributed by atoms with van der Waals surface area (Å²) in [6.45, 7) is 0. The quantitative estimate of drug-likeness (QED) is 0.327. The SMILES string of the molecule is N#CCC(=O)c1ccccc1.NN.Nc1cc(-c2ccccc2)[nH]n1. The van der Waals surface area contributed by atoms with Crippen LogP contribution in [0.2, 0.25) is 0 Å². The van der Waals surface area contributed by atoms with Crippen LogP contribution in [0.3, 0.4) is 0 Å². The highest BCUT2D eigenvalue weighted by Gasteiger charge is 2.01. The molecule has 2 aromatic carbocycles. The van der Waals surface area contributed by atoms with E-state index < -0.39 is 0 Å². The molecule has 128 valence electrons. The van der Waals surface area contributed by atoms with Crippen molar-refractivity contribution in [3.05, 3.63) is 72.3 Å². The Balaban J connectivity index is 0.000000229. The van der Waals surface area contributed by atoms with Crippen LogP contribution in [-0.2, 0) is 0 Å². The number of Topliss-reactive ketones (excluding diaryl/α,β-unsaturated/α-hetero) is 1. The first-order valence-corrected chi connectivity index (χ1v) is 7.35. The number of nitriles is 1. The summed E-state index contributed by atoms with van der Waals surface area (Å²) in [4.78, 5) is 11.0. The number of nitrogens with one attached hydrogen (secondary N) is 1. The Morgan fingerprint density at radius 3 is 2.08 bits per heavy atom. The zero-order chi connectivity index (χ0) is 18.5. The Bertz CT molecular complexity index is 793.